The summed E-state index contributed by atoms with van der Waals surface area (Å²) in [7, 11) is 3.23. The van der Waals surface area contributed by atoms with Crippen LogP contribution in [0.2, 0.25) is 0 Å². The van der Waals surface area contributed by atoms with Crippen molar-refractivity contribution in [1.29, 1.82) is 0 Å². The van der Waals surface area contributed by atoms with E-state index in [4.69, 9.17) is 9.47 Å². The third kappa shape index (κ3) is 3.35. The van der Waals surface area contributed by atoms with Crippen LogP contribution in [0.3, 0.4) is 0 Å². The monoisotopic (exact) mass is 265 g/mol. The standard InChI is InChI=1S/C14H23N3O2/c1-10-5-4-6-11(10)7-15-8-12-13(18-2)16-9-17-14(12)19-3/h9-11,15H,4-8H2,1-3H3. The number of hydrogen-bond donors (Lipinski definition) is 1. The molecule has 2 atom stereocenters. The average molecular weight is 265 g/mol. The van der Waals surface area contributed by atoms with Gasteiger partial charge in [-0.25, -0.2) is 9.97 Å². The topological polar surface area (TPSA) is 56.3 Å². The zero-order chi connectivity index (χ0) is 13.7. The first-order valence-corrected chi connectivity index (χ1v) is 6.88. The molecule has 2 unspecified atom stereocenters. The summed E-state index contributed by atoms with van der Waals surface area (Å²) >= 11 is 0. The molecule has 1 N–H and O–H groups in total. The Balaban J connectivity index is 1.94. The summed E-state index contributed by atoms with van der Waals surface area (Å²) in [5.41, 5.74) is 0.887. The molecule has 0 aliphatic heterocycles. The molecule has 1 aliphatic rings. The summed E-state index contributed by atoms with van der Waals surface area (Å²) < 4.78 is 10.5. The Labute approximate surface area is 114 Å². The normalized spacial score (nSPS) is 22.5. The van der Waals surface area contributed by atoms with Crippen molar-refractivity contribution in [3.05, 3.63) is 11.9 Å². The Morgan fingerprint density at radius 2 is 1.89 bits per heavy atom. The van der Waals surface area contributed by atoms with Gasteiger partial charge < -0.3 is 14.8 Å². The van der Waals surface area contributed by atoms with Gasteiger partial charge in [-0.05, 0) is 24.8 Å². The van der Waals surface area contributed by atoms with Crippen LogP contribution in [0.5, 0.6) is 11.8 Å². The summed E-state index contributed by atoms with van der Waals surface area (Å²) in [6.07, 6.45) is 5.50. The van der Waals surface area contributed by atoms with Crippen molar-refractivity contribution >= 4 is 0 Å². The maximum atomic E-state index is 5.26. The first kappa shape index (κ1) is 14.1. The molecule has 0 saturated heterocycles. The molecule has 1 fully saturated rings. The Kier molecular flexibility index (Phi) is 4.96. The lowest BCUT2D eigenvalue weighted by Crippen LogP contribution is -2.24. The zero-order valence-corrected chi connectivity index (χ0v) is 12.0. The van der Waals surface area contributed by atoms with E-state index in [1.807, 2.05) is 0 Å². The van der Waals surface area contributed by atoms with Gasteiger partial charge >= 0.3 is 0 Å². The molecule has 0 radical (unpaired) electrons. The highest BCUT2D eigenvalue weighted by Crippen LogP contribution is 2.30. The summed E-state index contributed by atoms with van der Waals surface area (Å²) in [6.45, 7) is 4.05. The first-order chi connectivity index (χ1) is 9.26. The summed E-state index contributed by atoms with van der Waals surface area (Å²) in [5, 5.41) is 3.48. The van der Waals surface area contributed by atoms with Crippen molar-refractivity contribution in [3.63, 3.8) is 0 Å². The fourth-order valence-corrected chi connectivity index (χ4v) is 2.79. The molecule has 0 bridgehead atoms. The van der Waals surface area contributed by atoms with Crippen LogP contribution < -0.4 is 14.8 Å². The van der Waals surface area contributed by atoms with Gasteiger partial charge in [0.25, 0.3) is 0 Å². The molecule has 0 aromatic carbocycles. The highest BCUT2D eigenvalue weighted by molar-refractivity contribution is 5.34. The number of rotatable bonds is 6. The van der Waals surface area contributed by atoms with Gasteiger partial charge in [0, 0.05) is 6.54 Å². The molecule has 19 heavy (non-hydrogen) atoms. The molecule has 5 heteroatoms. The smallest absolute Gasteiger partial charge is 0.224 e. The van der Waals surface area contributed by atoms with Crippen molar-refractivity contribution in [2.24, 2.45) is 11.8 Å². The number of aromatic nitrogens is 2. The Morgan fingerprint density at radius 3 is 2.42 bits per heavy atom. The van der Waals surface area contributed by atoms with E-state index < -0.39 is 0 Å². The number of hydrogen-bond acceptors (Lipinski definition) is 5. The van der Waals surface area contributed by atoms with Gasteiger partial charge in [-0.1, -0.05) is 19.8 Å². The van der Waals surface area contributed by atoms with Gasteiger partial charge in [0.2, 0.25) is 11.8 Å². The van der Waals surface area contributed by atoms with Gasteiger partial charge in [-0.3, -0.25) is 0 Å². The molecule has 1 aliphatic carbocycles. The van der Waals surface area contributed by atoms with E-state index in [-0.39, 0.29) is 0 Å². The largest absolute Gasteiger partial charge is 0.481 e. The van der Waals surface area contributed by atoms with Gasteiger partial charge in [-0.2, -0.15) is 0 Å². The molecule has 5 nitrogen and oxygen atoms in total. The minimum Gasteiger partial charge on any atom is -0.481 e. The van der Waals surface area contributed by atoms with E-state index in [0.717, 1.165) is 23.9 Å². The van der Waals surface area contributed by atoms with Crippen LogP contribution >= 0.6 is 0 Å². The molecule has 1 heterocycles. The molecular formula is C14H23N3O2. The molecule has 0 spiro atoms. The van der Waals surface area contributed by atoms with E-state index in [1.165, 1.54) is 25.6 Å². The lowest BCUT2D eigenvalue weighted by molar-refractivity contribution is 0.352. The van der Waals surface area contributed by atoms with Crippen molar-refractivity contribution in [1.82, 2.24) is 15.3 Å². The van der Waals surface area contributed by atoms with Crippen LogP contribution in [0.1, 0.15) is 31.7 Å². The number of nitrogens with zero attached hydrogens (tertiary/aromatic N) is 2. The predicted molar refractivity (Wildman–Crippen MR) is 73.3 cm³/mol. The second-order valence-corrected chi connectivity index (χ2v) is 5.17. The summed E-state index contributed by atoms with van der Waals surface area (Å²) in [4.78, 5) is 8.24. The van der Waals surface area contributed by atoms with Crippen molar-refractivity contribution < 1.29 is 9.47 Å². The molecule has 1 saturated carbocycles. The highest BCUT2D eigenvalue weighted by atomic mass is 16.5. The predicted octanol–water partition coefficient (Wildman–Crippen LogP) is 2.02. The fourth-order valence-electron chi connectivity index (χ4n) is 2.79. The Morgan fingerprint density at radius 1 is 1.21 bits per heavy atom. The van der Waals surface area contributed by atoms with Crippen LogP contribution in [0.4, 0.5) is 0 Å². The molecule has 106 valence electrons. The third-order valence-electron chi connectivity index (χ3n) is 4.00. The van der Waals surface area contributed by atoms with Gasteiger partial charge in [0.1, 0.15) is 6.33 Å². The van der Waals surface area contributed by atoms with E-state index in [2.05, 4.69) is 22.2 Å². The van der Waals surface area contributed by atoms with Crippen molar-refractivity contribution in [2.75, 3.05) is 20.8 Å². The number of ether oxygens (including phenoxy) is 2. The zero-order valence-electron chi connectivity index (χ0n) is 12.0. The maximum Gasteiger partial charge on any atom is 0.224 e. The van der Waals surface area contributed by atoms with Crippen LogP contribution in [0, 0.1) is 11.8 Å². The lowest BCUT2D eigenvalue weighted by Gasteiger charge is -2.17. The van der Waals surface area contributed by atoms with Gasteiger partial charge in [-0.15, -0.1) is 0 Å². The SMILES string of the molecule is COc1ncnc(OC)c1CNCC1CCCC1C. The van der Waals surface area contributed by atoms with E-state index in [9.17, 15) is 0 Å². The average Bonchev–Trinajstić information content (AvgIpc) is 2.84. The van der Waals surface area contributed by atoms with Crippen molar-refractivity contribution in [3.8, 4) is 11.8 Å². The third-order valence-corrected chi connectivity index (χ3v) is 4.00. The fraction of sp³-hybridized carbons (Fsp3) is 0.714. The summed E-state index contributed by atoms with van der Waals surface area (Å²) in [5.74, 6) is 2.77. The highest BCUT2D eigenvalue weighted by Gasteiger charge is 2.23. The minimum absolute atomic E-state index is 0.582. The maximum absolute atomic E-state index is 5.26. The second kappa shape index (κ2) is 6.70. The first-order valence-electron chi connectivity index (χ1n) is 6.88. The van der Waals surface area contributed by atoms with Crippen LogP contribution in [0.25, 0.3) is 0 Å². The molecule has 0 amide bonds. The molecule has 2 rings (SSSR count). The molecule has 1 aromatic rings. The van der Waals surface area contributed by atoms with E-state index in [0.29, 0.717) is 18.3 Å². The van der Waals surface area contributed by atoms with Gasteiger partial charge in [0.15, 0.2) is 0 Å². The molecule has 1 aromatic heterocycles. The lowest BCUT2D eigenvalue weighted by atomic mass is 9.98. The van der Waals surface area contributed by atoms with Crippen LogP contribution in [-0.2, 0) is 6.54 Å². The minimum atomic E-state index is 0.582. The van der Waals surface area contributed by atoms with Crippen LogP contribution in [0.15, 0.2) is 6.33 Å². The number of methoxy groups -OCH3 is 2. The number of nitrogens with one attached hydrogen (secondary N) is 1. The van der Waals surface area contributed by atoms with E-state index in [1.54, 1.807) is 14.2 Å². The Bertz CT molecular complexity index is 389. The van der Waals surface area contributed by atoms with Crippen LogP contribution in [-0.4, -0.2) is 30.7 Å². The summed E-state index contributed by atoms with van der Waals surface area (Å²) in [6, 6.07) is 0. The Hall–Kier alpha value is -1.36. The van der Waals surface area contributed by atoms with Crippen molar-refractivity contribution in [2.45, 2.75) is 32.7 Å². The quantitative estimate of drug-likeness (QED) is 0.852. The second-order valence-electron chi connectivity index (χ2n) is 5.17. The van der Waals surface area contributed by atoms with E-state index >= 15 is 0 Å². The van der Waals surface area contributed by atoms with Gasteiger partial charge in [0.05, 0.1) is 19.8 Å². The molecular weight excluding hydrogens is 242 g/mol.